The Labute approximate surface area is 162 Å². The number of aliphatic hydroxyl groups is 5. The molecule has 2 heterocycles. The fourth-order valence-electron chi connectivity index (χ4n) is 6.96. The number of esters is 1. The van der Waals surface area contributed by atoms with Crippen molar-refractivity contribution in [2.75, 3.05) is 6.61 Å². The van der Waals surface area contributed by atoms with Crippen molar-refractivity contribution >= 4 is 5.97 Å². The van der Waals surface area contributed by atoms with Gasteiger partial charge in [-0.15, -0.1) is 0 Å². The molecule has 28 heavy (non-hydrogen) atoms. The first-order valence-corrected chi connectivity index (χ1v) is 9.64. The standard InChI is InChI=1S/C20H26O8/c1-8-9-4-5-19-7-27-18(3)16(28-10(21)6-20(18,19)26)13(24)14(19)17(9,2)15(25)12(23)11(8)22/h4-5,11-16,22-26H,6-7H2,1-3H3/t11-,12-,13+,14+,15+,16-,17-,18+,19-,20+/m0/s1. The van der Waals surface area contributed by atoms with Gasteiger partial charge < -0.3 is 35.0 Å². The maximum absolute atomic E-state index is 12.2. The number of ether oxygens (including phenoxy) is 2. The van der Waals surface area contributed by atoms with E-state index >= 15 is 0 Å². The highest BCUT2D eigenvalue weighted by Gasteiger charge is 2.83. The minimum Gasteiger partial charge on any atom is -0.456 e. The van der Waals surface area contributed by atoms with E-state index in [9.17, 15) is 30.3 Å². The maximum atomic E-state index is 12.2. The van der Waals surface area contributed by atoms with Gasteiger partial charge in [-0.1, -0.05) is 19.1 Å². The van der Waals surface area contributed by atoms with Gasteiger partial charge in [0.1, 0.15) is 23.4 Å². The van der Waals surface area contributed by atoms with Crippen LogP contribution in [0.1, 0.15) is 27.2 Å². The molecule has 0 amide bonds. The Morgan fingerprint density at radius 1 is 1.14 bits per heavy atom. The Hall–Kier alpha value is -1.29. The van der Waals surface area contributed by atoms with Gasteiger partial charge >= 0.3 is 5.97 Å². The molecule has 4 bridgehead atoms. The summed E-state index contributed by atoms with van der Waals surface area (Å²) < 4.78 is 11.4. The monoisotopic (exact) mass is 394 g/mol. The Morgan fingerprint density at radius 3 is 2.50 bits per heavy atom. The van der Waals surface area contributed by atoms with Crippen LogP contribution in [0.5, 0.6) is 0 Å². The highest BCUT2D eigenvalue weighted by Crippen LogP contribution is 2.71. The normalized spacial score (nSPS) is 59.6. The molecule has 8 nitrogen and oxygen atoms in total. The summed E-state index contributed by atoms with van der Waals surface area (Å²) in [5.74, 6) is -1.41. The zero-order chi connectivity index (χ0) is 20.4. The smallest absolute Gasteiger partial charge is 0.309 e. The van der Waals surface area contributed by atoms with E-state index in [-0.39, 0.29) is 13.0 Å². The Morgan fingerprint density at radius 2 is 1.82 bits per heavy atom. The van der Waals surface area contributed by atoms with Gasteiger partial charge in [-0.05, 0) is 25.0 Å². The van der Waals surface area contributed by atoms with Crippen LogP contribution in [0.4, 0.5) is 0 Å². The van der Waals surface area contributed by atoms with E-state index < -0.39 is 64.4 Å². The van der Waals surface area contributed by atoms with Crippen molar-refractivity contribution in [3.8, 4) is 0 Å². The number of aliphatic hydroxyl groups excluding tert-OH is 4. The average Bonchev–Trinajstić information content (AvgIpc) is 2.78. The molecule has 1 saturated carbocycles. The third kappa shape index (κ3) is 1.62. The number of carbonyl (C=O) groups excluding carboxylic acids is 1. The lowest BCUT2D eigenvalue weighted by molar-refractivity contribution is -0.297. The summed E-state index contributed by atoms with van der Waals surface area (Å²) in [4.78, 5) is 12.2. The van der Waals surface area contributed by atoms with Crippen molar-refractivity contribution in [3.05, 3.63) is 23.3 Å². The first-order valence-electron chi connectivity index (χ1n) is 9.64. The maximum Gasteiger partial charge on any atom is 0.309 e. The van der Waals surface area contributed by atoms with Crippen LogP contribution in [-0.4, -0.2) is 79.8 Å². The molecule has 0 aromatic carbocycles. The van der Waals surface area contributed by atoms with Crippen LogP contribution in [0.25, 0.3) is 0 Å². The van der Waals surface area contributed by atoms with Crippen LogP contribution in [0.3, 0.4) is 0 Å². The summed E-state index contributed by atoms with van der Waals surface area (Å²) in [6.45, 7) is 5.07. The Balaban J connectivity index is 1.82. The lowest BCUT2D eigenvalue weighted by Gasteiger charge is -2.66. The second-order valence-electron chi connectivity index (χ2n) is 9.44. The Bertz CT molecular complexity index is 836. The van der Waals surface area contributed by atoms with Crippen LogP contribution >= 0.6 is 0 Å². The van der Waals surface area contributed by atoms with Gasteiger partial charge in [0.15, 0.2) is 6.10 Å². The van der Waals surface area contributed by atoms with Gasteiger partial charge in [0.25, 0.3) is 0 Å². The summed E-state index contributed by atoms with van der Waals surface area (Å²) in [5, 5.41) is 55.1. The molecule has 154 valence electrons. The first-order chi connectivity index (χ1) is 13.0. The lowest BCUT2D eigenvalue weighted by atomic mass is 9.41. The largest absolute Gasteiger partial charge is 0.456 e. The first kappa shape index (κ1) is 18.7. The van der Waals surface area contributed by atoms with Crippen molar-refractivity contribution in [2.24, 2.45) is 16.7 Å². The van der Waals surface area contributed by atoms with Gasteiger partial charge in [-0.2, -0.15) is 0 Å². The van der Waals surface area contributed by atoms with Gasteiger partial charge in [0, 0.05) is 11.3 Å². The van der Waals surface area contributed by atoms with E-state index in [1.807, 2.05) is 0 Å². The molecule has 1 spiro atoms. The molecule has 0 unspecified atom stereocenters. The molecule has 5 N–H and O–H groups in total. The van der Waals surface area contributed by atoms with E-state index in [1.165, 1.54) is 0 Å². The van der Waals surface area contributed by atoms with Crippen LogP contribution in [0.15, 0.2) is 23.3 Å². The summed E-state index contributed by atoms with van der Waals surface area (Å²) >= 11 is 0. The summed E-state index contributed by atoms with van der Waals surface area (Å²) in [5.41, 5.74) is -4.16. The van der Waals surface area contributed by atoms with Crippen LogP contribution < -0.4 is 0 Å². The van der Waals surface area contributed by atoms with Crippen LogP contribution in [0.2, 0.25) is 0 Å². The summed E-state index contributed by atoms with van der Waals surface area (Å²) in [6, 6.07) is 0. The minimum absolute atomic E-state index is 0.0403. The average molecular weight is 394 g/mol. The van der Waals surface area contributed by atoms with E-state index in [2.05, 4.69) is 0 Å². The predicted molar refractivity (Wildman–Crippen MR) is 93.7 cm³/mol. The molecule has 10 atom stereocenters. The second kappa shape index (κ2) is 5.06. The predicted octanol–water partition coefficient (Wildman–Crippen LogP) is -1.21. The summed E-state index contributed by atoms with van der Waals surface area (Å²) in [6.07, 6.45) is -3.24. The molecule has 0 radical (unpaired) electrons. The molecule has 2 aliphatic heterocycles. The minimum atomic E-state index is -1.64. The molecule has 3 aliphatic carbocycles. The van der Waals surface area contributed by atoms with Crippen molar-refractivity contribution in [2.45, 2.75) is 68.9 Å². The molecule has 5 rings (SSSR count). The van der Waals surface area contributed by atoms with E-state index in [1.54, 1.807) is 32.9 Å². The topological polar surface area (TPSA) is 137 Å². The Kier molecular flexibility index (Phi) is 3.38. The van der Waals surface area contributed by atoms with E-state index in [0.29, 0.717) is 11.1 Å². The summed E-state index contributed by atoms with van der Waals surface area (Å²) in [7, 11) is 0. The van der Waals surface area contributed by atoms with E-state index in [0.717, 1.165) is 0 Å². The number of hydrogen-bond acceptors (Lipinski definition) is 8. The van der Waals surface area contributed by atoms with Crippen molar-refractivity contribution in [1.29, 1.82) is 0 Å². The quantitative estimate of drug-likeness (QED) is 0.323. The molecular formula is C20H26O8. The molecular weight excluding hydrogens is 368 g/mol. The number of allylic oxidation sites excluding steroid dienone is 1. The molecule has 5 aliphatic rings. The van der Waals surface area contributed by atoms with Gasteiger partial charge in [-0.25, -0.2) is 0 Å². The van der Waals surface area contributed by atoms with Crippen LogP contribution in [-0.2, 0) is 14.3 Å². The zero-order valence-corrected chi connectivity index (χ0v) is 16.0. The number of fused-ring (bicyclic) bond motifs is 2. The molecule has 3 fully saturated rings. The zero-order valence-electron chi connectivity index (χ0n) is 16.0. The van der Waals surface area contributed by atoms with Gasteiger partial charge in [0.05, 0.1) is 30.7 Å². The molecule has 2 saturated heterocycles. The van der Waals surface area contributed by atoms with Gasteiger partial charge in [0.2, 0.25) is 0 Å². The number of rotatable bonds is 0. The lowest BCUT2D eigenvalue weighted by Crippen LogP contribution is -2.80. The van der Waals surface area contributed by atoms with E-state index in [4.69, 9.17) is 9.47 Å². The third-order valence-electron chi connectivity index (χ3n) is 8.51. The molecule has 0 aromatic rings. The van der Waals surface area contributed by atoms with Crippen LogP contribution in [0, 0.1) is 16.7 Å². The van der Waals surface area contributed by atoms with Crippen molar-refractivity contribution in [3.63, 3.8) is 0 Å². The molecule has 0 aromatic heterocycles. The fraction of sp³-hybridized carbons (Fsp3) is 0.750. The SMILES string of the molecule is CC1=C2C=C[C@@]34CO[C@]5(C)[C@@H](OC(=O)C[C@]35O)[C@H](O)[C@@H]4[C@@]2(C)[C@H](O)[C@@H](O)[C@H]1O. The molecule has 8 heteroatoms. The second-order valence-corrected chi connectivity index (χ2v) is 9.44. The number of hydrogen-bond donors (Lipinski definition) is 5. The fourth-order valence-corrected chi connectivity index (χ4v) is 6.96. The highest BCUT2D eigenvalue weighted by molar-refractivity contribution is 5.74. The number of carbonyl (C=O) groups is 1. The highest BCUT2D eigenvalue weighted by atomic mass is 16.6. The van der Waals surface area contributed by atoms with Gasteiger partial charge in [-0.3, -0.25) is 4.79 Å². The van der Waals surface area contributed by atoms with Crippen molar-refractivity contribution < 1.29 is 39.8 Å². The third-order valence-corrected chi connectivity index (χ3v) is 8.51. The van der Waals surface area contributed by atoms with Crippen molar-refractivity contribution in [1.82, 2.24) is 0 Å².